The van der Waals surface area contributed by atoms with Gasteiger partial charge in [-0.1, -0.05) is 19.1 Å². The van der Waals surface area contributed by atoms with Crippen LogP contribution in [0.25, 0.3) is 0 Å². The number of hydrogen-bond acceptors (Lipinski definition) is 2. The number of likely N-dealkylation sites (N-methyl/N-ethyl adjacent to an activating group) is 1. The van der Waals surface area contributed by atoms with Gasteiger partial charge in [0.1, 0.15) is 0 Å². The predicted octanol–water partition coefficient (Wildman–Crippen LogP) is 3.60. The first-order chi connectivity index (χ1) is 9.00. The molecule has 0 amide bonds. The first-order valence-corrected chi connectivity index (χ1v) is 6.66. The summed E-state index contributed by atoms with van der Waals surface area (Å²) in [6.45, 7) is 4.86. The van der Waals surface area contributed by atoms with Crippen molar-refractivity contribution in [3.05, 3.63) is 29.8 Å². The van der Waals surface area contributed by atoms with Crippen LogP contribution in [-0.4, -0.2) is 30.6 Å². The molecule has 2 rings (SSSR count). The number of alkyl halides is 3. The number of piperidine rings is 1. The molecular weight excluding hydrogens is 253 g/mol. The van der Waals surface area contributed by atoms with Crippen LogP contribution in [0, 0.1) is 0 Å². The quantitative estimate of drug-likeness (QED) is 0.904. The average Bonchev–Trinajstić information content (AvgIpc) is 2.38. The minimum Gasteiger partial charge on any atom is -0.381 e. The van der Waals surface area contributed by atoms with E-state index in [1.54, 1.807) is 6.07 Å². The number of para-hydroxylation sites is 1. The highest BCUT2D eigenvalue weighted by Gasteiger charge is 2.33. The van der Waals surface area contributed by atoms with Crippen molar-refractivity contribution in [3.63, 3.8) is 0 Å². The predicted molar refractivity (Wildman–Crippen MR) is 70.2 cm³/mol. The van der Waals surface area contributed by atoms with Crippen molar-refractivity contribution in [1.29, 1.82) is 0 Å². The van der Waals surface area contributed by atoms with Gasteiger partial charge in [-0.25, -0.2) is 0 Å². The normalized spacial score (nSPS) is 21.4. The van der Waals surface area contributed by atoms with Gasteiger partial charge in [0.2, 0.25) is 0 Å². The lowest BCUT2D eigenvalue weighted by Crippen LogP contribution is -2.42. The number of halogens is 3. The molecule has 5 heteroatoms. The molecule has 1 N–H and O–H groups in total. The summed E-state index contributed by atoms with van der Waals surface area (Å²) in [4.78, 5) is 2.26. The third-order valence-electron chi connectivity index (χ3n) is 3.54. The number of hydrogen-bond donors (Lipinski definition) is 1. The fourth-order valence-electron chi connectivity index (χ4n) is 2.54. The summed E-state index contributed by atoms with van der Waals surface area (Å²) in [5.74, 6) is 0. The van der Waals surface area contributed by atoms with Gasteiger partial charge in [-0.2, -0.15) is 13.2 Å². The highest BCUT2D eigenvalue weighted by molar-refractivity contribution is 5.53. The van der Waals surface area contributed by atoms with Gasteiger partial charge < -0.3 is 10.2 Å². The van der Waals surface area contributed by atoms with Gasteiger partial charge in [0.15, 0.2) is 0 Å². The zero-order chi connectivity index (χ0) is 13.9. The van der Waals surface area contributed by atoms with E-state index in [0.717, 1.165) is 38.5 Å². The lowest BCUT2D eigenvalue weighted by Gasteiger charge is -2.33. The summed E-state index contributed by atoms with van der Waals surface area (Å²) < 4.78 is 38.7. The van der Waals surface area contributed by atoms with Crippen LogP contribution in [0.2, 0.25) is 0 Å². The van der Waals surface area contributed by atoms with Gasteiger partial charge in [0.05, 0.1) is 5.56 Å². The van der Waals surface area contributed by atoms with E-state index in [9.17, 15) is 13.2 Å². The fraction of sp³-hybridized carbons (Fsp3) is 0.571. The molecule has 0 saturated carbocycles. The first kappa shape index (κ1) is 14.2. The second kappa shape index (κ2) is 5.82. The molecule has 0 aliphatic carbocycles. The molecule has 1 unspecified atom stereocenters. The lowest BCUT2D eigenvalue weighted by molar-refractivity contribution is -0.137. The molecule has 1 aliphatic rings. The maximum atomic E-state index is 12.9. The van der Waals surface area contributed by atoms with Crippen molar-refractivity contribution in [3.8, 4) is 0 Å². The monoisotopic (exact) mass is 272 g/mol. The molecule has 19 heavy (non-hydrogen) atoms. The Labute approximate surface area is 111 Å². The SMILES string of the molecule is CCN1CCCC(Nc2ccccc2C(F)(F)F)C1. The Hall–Kier alpha value is -1.23. The Kier molecular flexibility index (Phi) is 4.34. The van der Waals surface area contributed by atoms with E-state index >= 15 is 0 Å². The van der Waals surface area contributed by atoms with E-state index < -0.39 is 11.7 Å². The number of benzene rings is 1. The van der Waals surface area contributed by atoms with E-state index in [1.165, 1.54) is 12.1 Å². The Bertz CT molecular complexity index is 417. The first-order valence-electron chi connectivity index (χ1n) is 6.66. The highest BCUT2D eigenvalue weighted by Crippen LogP contribution is 2.35. The molecule has 1 atom stereocenters. The second-order valence-corrected chi connectivity index (χ2v) is 4.92. The summed E-state index contributed by atoms with van der Waals surface area (Å²) >= 11 is 0. The summed E-state index contributed by atoms with van der Waals surface area (Å²) in [7, 11) is 0. The van der Waals surface area contributed by atoms with Crippen LogP contribution in [0.15, 0.2) is 24.3 Å². The number of anilines is 1. The van der Waals surface area contributed by atoms with Gasteiger partial charge in [-0.3, -0.25) is 0 Å². The number of nitrogens with one attached hydrogen (secondary N) is 1. The molecule has 0 bridgehead atoms. The van der Waals surface area contributed by atoms with E-state index in [4.69, 9.17) is 0 Å². The maximum absolute atomic E-state index is 12.9. The molecule has 2 nitrogen and oxygen atoms in total. The maximum Gasteiger partial charge on any atom is 0.418 e. The topological polar surface area (TPSA) is 15.3 Å². The fourth-order valence-corrected chi connectivity index (χ4v) is 2.54. The van der Waals surface area contributed by atoms with Gasteiger partial charge in [-0.15, -0.1) is 0 Å². The van der Waals surface area contributed by atoms with Gasteiger partial charge in [-0.05, 0) is 38.1 Å². The molecule has 1 fully saturated rings. The minimum absolute atomic E-state index is 0.0946. The summed E-state index contributed by atoms with van der Waals surface area (Å²) in [5.41, 5.74) is -0.387. The molecule has 0 spiro atoms. The standard InChI is InChI=1S/C14H19F3N2/c1-2-19-9-5-6-11(10-19)18-13-8-4-3-7-12(13)14(15,16)17/h3-4,7-8,11,18H,2,5-6,9-10H2,1H3. The van der Waals surface area contributed by atoms with Crippen molar-refractivity contribution in [2.24, 2.45) is 0 Å². The number of likely N-dealkylation sites (tertiary alicyclic amines) is 1. The Balaban J connectivity index is 2.11. The lowest BCUT2D eigenvalue weighted by atomic mass is 10.0. The Morgan fingerprint density at radius 3 is 2.74 bits per heavy atom. The Morgan fingerprint density at radius 2 is 2.05 bits per heavy atom. The van der Waals surface area contributed by atoms with Crippen LogP contribution < -0.4 is 5.32 Å². The molecule has 1 heterocycles. The molecule has 1 saturated heterocycles. The molecule has 106 valence electrons. The third kappa shape index (κ3) is 3.62. The molecule has 0 aromatic heterocycles. The largest absolute Gasteiger partial charge is 0.418 e. The minimum atomic E-state index is -4.30. The summed E-state index contributed by atoms with van der Waals surface area (Å²) in [6.07, 6.45) is -2.36. The van der Waals surface area contributed by atoms with Crippen LogP contribution in [0.3, 0.4) is 0 Å². The van der Waals surface area contributed by atoms with Crippen molar-refractivity contribution in [1.82, 2.24) is 4.90 Å². The number of nitrogens with zero attached hydrogens (tertiary/aromatic N) is 1. The van der Waals surface area contributed by atoms with Crippen molar-refractivity contribution >= 4 is 5.69 Å². The molecule has 1 aromatic carbocycles. The van der Waals surface area contributed by atoms with Crippen LogP contribution in [0.5, 0.6) is 0 Å². The van der Waals surface area contributed by atoms with Crippen LogP contribution in [0.4, 0.5) is 18.9 Å². The second-order valence-electron chi connectivity index (χ2n) is 4.92. The van der Waals surface area contributed by atoms with Crippen molar-refractivity contribution < 1.29 is 13.2 Å². The van der Waals surface area contributed by atoms with Crippen LogP contribution >= 0.6 is 0 Å². The number of rotatable bonds is 3. The zero-order valence-electron chi connectivity index (χ0n) is 11.0. The summed E-state index contributed by atoms with van der Waals surface area (Å²) in [5, 5.41) is 3.06. The Morgan fingerprint density at radius 1 is 1.32 bits per heavy atom. The van der Waals surface area contributed by atoms with Gasteiger partial charge in [0.25, 0.3) is 0 Å². The zero-order valence-corrected chi connectivity index (χ0v) is 11.0. The van der Waals surface area contributed by atoms with E-state index in [-0.39, 0.29) is 11.7 Å². The highest BCUT2D eigenvalue weighted by atomic mass is 19.4. The molecular formula is C14H19F3N2. The van der Waals surface area contributed by atoms with Crippen LogP contribution in [-0.2, 0) is 6.18 Å². The van der Waals surface area contributed by atoms with Crippen molar-refractivity contribution in [2.45, 2.75) is 32.0 Å². The van der Waals surface area contributed by atoms with E-state index in [0.29, 0.717) is 0 Å². The van der Waals surface area contributed by atoms with E-state index in [1.807, 2.05) is 0 Å². The third-order valence-corrected chi connectivity index (χ3v) is 3.54. The van der Waals surface area contributed by atoms with Gasteiger partial charge in [0, 0.05) is 18.3 Å². The smallest absolute Gasteiger partial charge is 0.381 e. The average molecular weight is 272 g/mol. The van der Waals surface area contributed by atoms with Crippen molar-refractivity contribution in [2.75, 3.05) is 25.0 Å². The van der Waals surface area contributed by atoms with E-state index in [2.05, 4.69) is 17.1 Å². The molecule has 1 aliphatic heterocycles. The van der Waals surface area contributed by atoms with Gasteiger partial charge >= 0.3 is 6.18 Å². The molecule has 0 radical (unpaired) electrons. The summed E-state index contributed by atoms with van der Waals surface area (Å²) in [6, 6.07) is 5.79. The van der Waals surface area contributed by atoms with Crippen LogP contribution in [0.1, 0.15) is 25.3 Å². The molecule has 1 aromatic rings.